The van der Waals surface area contributed by atoms with Crippen molar-refractivity contribution in [1.82, 2.24) is 5.01 Å². The smallest absolute Gasteiger partial charge is 0.302 e. The number of ketones is 1. The van der Waals surface area contributed by atoms with Gasteiger partial charge in [0.1, 0.15) is 5.71 Å². The van der Waals surface area contributed by atoms with Gasteiger partial charge in [-0.1, -0.05) is 0 Å². The van der Waals surface area contributed by atoms with E-state index >= 15 is 0 Å². The molecule has 0 spiro atoms. The quantitative estimate of drug-likeness (QED) is 0.482. The van der Waals surface area contributed by atoms with Crippen LogP contribution in [0.5, 0.6) is 0 Å². The number of nitro benzene ring substituents is 1. The fourth-order valence-corrected chi connectivity index (χ4v) is 1.31. The number of rotatable bonds is 4. The first-order valence-corrected chi connectivity index (χ1v) is 5.25. The molecule has 0 heterocycles. The molecule has 0 aliphatic rings. The summed E-state index contributed by atoms with van der Waals surface area (Å²) in [6, 6.07) is 4.10. The lowest BCUT2D eigenvalue weighted by atomic mass is 10.1. The van der Waals surface area contributed by atoms with Gasteiger partial charge in [-0.25, -0.2) is 0 Å². The summed E-state index contributed by atoms with van der Waals surface area (Å²) in [6.07, 6.45) is -5.07. The number of alkyl halides is 3. The minimum atomic E-state index is -5.07. The first-order chi connectivity index (χ1) is 9.12. The van der Waals surface area contributed by atoms with E-state index in [0.717, 1.165) is 29.3 Å². The average molecular weight is 289 g/mol. The SMILES string of the molecule is CN(C)/N=C(\C(=O)C(F)(F)F)c1ccc([N+](=O)[O-])cc1. The van der Waals surface area contributed by atoms with Crippen molar-refractivity contribution in [3.05, 3.63) is 39.9 Å². The highest BCUT2D eigenvalue weighted by atomic mass is 19.4. The standard InChI is InChI=1S/C11H10F3N3O3/c1-16(2)15-9(10(18)11(12,13)14)7-3-5-8(6-4-7)17(19)20/h3-6H,1-2H3/b15-9-. The summed E-state index contributed by atoms with van der Waals surface area (Å²) in [5, 5.41) is 15.0. The van der Waals surface area contributed by atoms with Gasteiger partial charge in [0.25, 0.3) is 11.5 Å². The summed E-state index contributed by atoms with van der Waals surface area (Å²) in [6.45, 7) is 0. The molecule has 0 aromatic heterocycles. The molecule has 0 unspecified atom stereocenters. The fraction of sp³-hybridized carbons (Fsp3) is 0.273. The zero-order valence-electron chi connectivity index (χ0n) is 10.5. The van der Waals surface area contributed by atoms with Crippen molar-refractivity contribution in [2.75, 3.05) is 14.1 Å². The number of nitro groups is 1. The normalized spacial score (nSPS) is 12.2. The van der Waals surface area contributed by atoms with Gasteiger partial charge in [-0.15, -0.1) is 0 Å². The predicted molar refractivity (Wildman–Crippen MR) is 64.4 cm³/mol. The molecule has 0 saturated heterocycles. The summed E-state index contributed by atoms with van der Waals surface area (Å²) >= 11 is 0. The number of carbonyl (C=O) groups is 1. The Bertz CT molecular complexity index is 550. The van der Waals surface area contributed by atoms with Crippen molar-refractivity contribution in [2.24, 2.45) is 5.10 Å². The van der Waals surface area contributed by atoms with Crippen LogP contribution in [-0.2, 0) is 4.79 Å². The van der Waals surface area contributed by atoms with E-state index < -0.39 is 22.6 Å². The molecule has 0 aliphatic carbocycles. The van der Waals surface area contributed by atoms with Crippen molar-refractivity contribution in [2.45, 2.75) is 6.18 Å². The Hall–Kier alpha value is -2.45. The molecule has 0 N–H and O–H groups in total. The van der Waals surface area contributed by atoms with Crippen LogP contribution in [0.2, 0.25) is 0 Å². The number of hydrogen-bond acceptors (Lipinski definition) is 5. The molecule has 0 fully saturated rings. The molecule has 0 saturated carbocycles. The van der Waals surface area contributed by atoms with Gasteiger partial charge in [0.2, 0.25) is 0 Å². The van der Waals surface area contributed by atoms with Crippen molar-refractivity contribution in [3.8, 4) is 0 Å². The van der Waals surface area contributed by atoms with Gasteiger partial charge in [-0.05, 0) is 12.1 Å². The molecular weight excluding hydrogens is 279 g/mol. The topological polar surface area (TPSA) is 75.8 Å². The number of hydrazone groups is 1. The van der Waals surface area contributed by atoms with Gasteiger partial charge in [0.05, 0.1) is 4.92 Å². The Labute approximate surface area is 111 Å². The minimum Gasteiger partial charge on any atom is -0.302 e. The van der Waals surface area contributed by atoms with Gasteiger partial charge in [0.15, 0.2) is 0 Å². The number of carbonyl (C=O) groups excluding carboxylic acids is 1. The molecule has 1 aromatic rings. The highest BCUT2D eigenvalue weighted by Crippen LogP contribution is 2.21. The average Bonchev–Trinajstić information content (AvgIpc) is 2.34. The van der Waals surface area contributed by atoms with E-state index in [-0.39, 0.29) is 11.3 Å². The molecule has 0 atom stereocenters. The number of nitrogens with zero attached hydrogens (tertiary/aromatic N) is 3. The Balaban J connectivity index is 3.26. The number of hydrogen-bond donors (Lipinski definition) is 0. The number of Topliss-reactive ketones (excluding diaryl/α,β-unsaturated/α-hetero) is 1. The predicted octanol–water partition coefficient (Wildman–Crippen LogP) is 1.99. The van der Waals surface area contributed by atoms with Gasteiger partial charge in [-0.2, -0.15) is 18.3 Å². The van der Waals surface area contributed by atoms with Crippen LogP contribution in [0.1, 0.15) is 5.56 Å². The molecule has 6 nitrogen and oxygen atoms in total. The van der Waals surface area contributed by atoms with Gasteiger partial charge >= 0.3 is 6.18 Å². The van der Waals surface area contributed by atoms with Crippen molar-refractivity contribution < 1.29 is 22.9 Å². The van der Waals surface area contributed by atoms with Crippen LogP contribution in [0.15, 0.2) is 29.4 Å². The lowest BCUT2D eigenvalue weighted by Gasteiger charge is -2.12. The fourth-order valence-electron chi connectivity index (χ4n) is 1.31. The van der Waals surface area contributed by atoms with E-state index in [1.807, 2.05) is 0 Å². The maximum atomic E-state index is 12.5. The summed E-state index contributed by atoms with van der Waals surface area (Å²) < 4.78 is 37.5. The third-order valence-electron chi connectivity index (χ3n) is 2.12. The highest BCUT2D eigenvalue weighted by molar-refractivity contribution is 6.47. The van der Waals surface area contributed by atoms with E-state index in [1.54, 1.807) is 0 Å². The summed E-state index contributed by atoms with van der Waals surface area (Å²) in [5.74, 6) is -2.11. The molecule has 0 amide bonds. The van der Waals surface area contributed by atoms with Crippen molar-refractivity contribution in [3.63, 3.8) is 0 Å². The molecule has 0 aliphatic heterocycles. The van der Waals surface area contributed by atoms with E-state index in [0.29, 0.717) is 0 Å². The van der Waals surface area contributed by atoms with Crippen molar-refractivity contribution in [1.29, 1.82) is 0 Å². The van der Waals surface area contributed by atoms with E-state index in [1.165, 1.54) is 14.1 Å². The first-order valence-electron chi connectivity index (χ1n) is 5.25. The zero-order chi connectivity index (χ0) is 15.5. The maximum Gasteiger partial charge on any atom is 0.456 e. The van der Waals surface area contributed by atoms with Gasteiger partial charge < -0.3 is 5.01 Å². The van der Waals surface area contributed by atoms with Gasteiger partial charge in [-0.3, -0.25) is 14.9 Å². The van der Waals surface area contributed by atoms with Crippen LogP contribution in [-0.4, -0.2) is 41.7 Å². The van der Waals surface area contributed by atoms with Crippen LogP contribution in [0.3, 0.4) is 0 Å². The third-order valence-corrected chi connectivity index (χ3v) is 2.12. The second-order valence-corrected chi connectivity index (χ2v) is 3.93. The zero-order valence-corrected chi connectivity index (χ0v) is 10.5. The van der Waals surface area contributed by atoms with Crippen LogP contribution < -0.4 is 0 Å². The lowest BCUT2D eigenvalue weighted by Crippen LogP contribution is -2.32. The van der Waals surface area contributed by atoms with Crippen LogP contribution >= 0.6 is 0 Å². The van der Waals surface area contributed by atoms with Crippen LogP contribution in [0.25, 0.3) is 0 Å². The Morgan fingerprint density at radius 2 is 1.75 bits per heavy atom. The molecule has 1 rings (SSSR count). The largest absolute Gasteiger partial charge is 0.456 e. The number of non-ortho nitro benzene ring substituents is 1. The molecule has 9 heteroatoms. The molecule has 0 bridgehead atoms. The third kappa shape index (κ3) is 3.77. The summed E-state index contributed by atoms with van der Waals surface area (Å²) in [4.78, 5) is 21.1. The summed E-state index contributed by atoms with van der Waals surface area (Å²) in [5.41, 5.74) is -1.26. The number of halogens is 3. The highest BCUT2D eigenvalue weighted by Gasteiger charge is 2.42. The first kappa shape index (κ1) is 15.6. The Morgan fingerprint density at radius 3 is 2.10 bits per heavy atom. The molecule has 20 heavy (non-hydrogen) atoms. The monoisotopic (exact) mass is 289 g/mol. The minimum absolute atomic E-state index is 0.147. The Kier molecular flexibility index (Phi) is 4.43. The van der Waals surface area contributed by atoms with E-state index in [2.05, 4.69) is 5.10 Å². The lowest BCUT2D eigenvalue weighted by molar-refractivity contribution is -0.384. The van der Waals surface area contributed by atoms with E-state index in [4.69, 9.17) is 0 Å². The van der Waals surface area contributed by atoms with Crippen molar-refractivity contribution >= 4 is 17.2 Å². The second-order valence-electron chi connectivity index (χ2n) is 3.93. The second kappa shape index (κ2) is 5.68. The van der Waals surface area contributed by atoms with E-state index in [9.17, 15) is 28.1 Å². The van der Waals surface area contributed by atoms with Gasteiger partial charge in [0, 0.05) is 31.8 Å². The molecule has 1 aromatic carbocycles. The Morgan fingerprint density at radius 1 is 1.25 bits per heavy atom. The number of benzene rings is 1. The molecule has 108 valence electrons. The summed E-state index contributed by atoms with van der Waals surface area (Å²) in [7, 11) is 2.71. The molecule has 0 radical (unpaired) electrons. The molecular formula is C11H10F3N3O3. The maximum absolute atomic E-state index is 12.5. The van der Waals surface area contributed by atoms with Crippen LogP contribution in [0.4, 0.5) is 18.9 Å². The van der Waals surface area contributed by atoms with Crippen LogP contribution in [0, 0.1) is 10.1 Å².